The van der Waals surface area contributed by atoms with E-state index >= 15 is 0 Å². The van der Waals surface area contributed by atoms with Crippen molar-refractivity contribution in [3.05, 3.63) is 45.7 Å². The van der Waals surface area contributed by atoms with Gasteiger partial charge < -0.3 is 10.3 Å². The number of aromatic nitrogens is 1. The smallest absolute Gasteiger partial charge is 0.251 e. The van der Waals surface area contributed by atoms with Crippen molar-refractivity contribution in [2.75, 3.05) is 6.54 Å². The summed E-state index contributed by atoms with van der Waals surface area (Å²) < 4.78 is 0. The summed E-state index contributed by atoms with van der Waals surface area (Å²) in [7, 11) is 0. The van der Waals surface area contributed by atoms with Gasteiger partial charge in [0.1, 0.15) is 0 Å². The van der Waals surface area contributed by atoms with Gasteiger partial charge in [-0.3, -0.25) is 9.59 Å². The van der Waals surface area contributed by atoms with Crippen molar-refractivity contribution in [3.63, 3.8) is 0 Å². The summed E-state index contributed by atoms with van der Waals surface area (Å²) in [6.07, 6.45) is 1.78. The lowest BCUT2D eigenvalue weighted by Crippen LogP contribution is -2.26. The maximum absolute atomic E-state index is 12.1. The fraction of sp³-hybridized carbons (Fsp3) is 0.444. The number of rotatable bonds is 6. The highest BCUT2D eigenvalue weighted by Crippen LogP contribution is 2.15. The molecule has 0 bridgehead atoms. The Balaban J connectivity index is 2.01. The molecule has 2 rings (SSSR count). The van der Waals surface area contributed by atoms with Gasteiger partial charge in [0.25, 0.3) is 5.56 Å². The SMILES string of the molecule is Cc1cccc2cc(CCC(=O)NCCC(C)C)c(=O)[nH]c12. The fourth-order valence-corrected chi connectivity index (χ4v) is 2.45. The Morgan fingerprint density at radius 3 is 2.82 bits per heavy atom. The molecule has 0 atom stereocenters. The van der Waals surface area contributed by atoms with Crippen molar-refractivity contribution in [3.8, 4) is 0 Å². The van der Waals surface area contributed by atoms with Crippen LogP contribution in [0.1, 0.15) is 37.8 Å². The van der Waals surface area contributed by atoms with Gasteiger partial charge in [0.2, 0.25) is 5.91 Å². The van der Waals surface area contributed by atoms with E-state index in [4.69, 9.17) is 0 Å². The molecule has 118 valence electrons. The molecule has 1 heterocycles. The summed E-state index contributed by atoms with van der Waals surface area (Å²) in [6.45, 7) is 6.93. The average molecular weight is 300 g/mol. The number of H-pyrrole nitrogens is 1. The monoisotopic (exact) mass is 300 g/mol. The van der Waals surface area contributed by atoms with Gasteiger partial charge in [0.15, 0.2) is 0 Å². The number of aryl methyl sites for hydroxylation is 2. The van der Waals surface area contributed by atoms with E-state index in [1.54, 1.807) is 0 Å². The van der Waals surface area contributed by atoms with Crippen LogP contribution >= 0.6 is 0 Å². The molecular formula is C18H24N2O2. The number of benzene rings is 1. The minimum atomic E-state index is -0.100. The van der Waals surface area contributed by atoms with Crippen LogP contribution in [-0.4, -0.2) is 17.4 Å². The number of hydrogen-bond acceptors (Lipinski definition) is 2. The summed E-state index contributed by atoms with van der Waals surface area (Å²) >= 11 is 0. The number of hydrogen-bond donors (Lipinski definition) is 2. The van der Waals surface area contributed by atoms with Gasteiger partial charge >= 0.3 is 0 Å². The van der Waals surface area contributed by atoms with Crippen molar-refractivity contribution >= 4 is 16.8 Å². The van der Waals surface area contributed by atoms with Crippen LogP contribution in [0.5, 0.6) is 0 Å². The quantitative estimate of drug-likeness (QED) is 0.861. The number of carbonyl (C=O) groups is 1. The van der Waals surface area contributed by atoms with Gasteiger partial charge in [-0.15, -0.1) is 0 Å². The molecule has 2 N–H and O–H groups in total. The molecule has 4 heteroatoms. The number of nitrogens with one attached hydrogen (secondary N) is 2. The van der Waals surface area contributed by atoms with Crippen molar-refractivity contribution < 1.29 is 4.79 Å². The molecule has 0 saturated carbocycles. The molecule has 0 saturated heterocycles. The van der Waals surface area contributed by atoms with Crippen molar-refractivity contribution in [2.24, 2.45) is 5.92 Å². The molecule has 0 aliphatic carbocycles. The van der Waals surface area contributed by atoms with Gasteiger partial charge in [-0.2, -0.15) is 0 Å². The number of para-hydroxylation sites is 1. The highest BCUT2D eigenvalue weighted by Gasteiger charge is 2.07. The minimum Gasteiger partial charge on any atom is -0.356 e. The molecule has 0 radical (unpaired) electrons. The van der Waals surface area contributed by atoms with Gasteiger partial charge in [0.05, 0.1) is 5.52 Å². The first-order valence-corrected chi connectivity index (χ1v) is 7.85. The van der Waals surface area contributed by atoms with Crippen LogP contribution in [0.25, 0.3) is 10.9 Å². The normalized spacial score (nSPS) is 11.1. The van der Waals surface area contributed by atoms with Crippen LogP contribution in [0.3, 0.4) is 0 Å². The highest BCUT2D eigenvalue weighted by molar-refractivity contribution is 5.82. The molecule has 1 aromatic heterocycles. The third-order valence-corrected chi connectivity index (χ3v) is 3.83. The van der Waals surface area contributed by atoms with Gasteiger partial charge in [0, 0.05) is 18.5 Å². The van der Waals surface area contributed by atoms with Crippen LogP contribution in [-0.2, 0) is 11.2 Å². The molecule has 0 unspecified atom stereocenters. The molecule has 0 spiro atoms. The number of pyridine rings is 1. The van der Waals surface area contributed by atoms with E-state index in [2.05, 4.69) is 24.1 Å². The van der Waals surface area contributed by atoms with Crippen LogP contribution < -0.4 is 10.9 Å². The Kier molecular flexibility index (Phi) is 5.36. The largest absolute Gasteiger partial charge is 0.356 e. The average Bonchev–Trinajstić information content (AvgIpc) is 2.46. The summed E-state index contributed by atoms with van der Waals surface area (Å²) in [5.74, 6) is 0.580. The van der Waals surface area contributed by atoms with Gasteiger partial charge in [-0.05, 0) is 42.7 Å². The molecule has 2 aromatic rings. The lowest BCUT2D eigenvalue weighted by molar-refractivity contribution is -0.121. The van der Waals surface area contributed by atoms with E-state index in [-0.39, 0.29) is 11.5 Å². The number of amides is 1. The van der Waals surface area contributed by atoms with E-state index < -0.39 is 0 Å². The zero-order valence-electron chi connectivity index (χ0n) is 13.5. The molecule has 0 aliphatic heterocycles. The van der Waals surface area contributed by atoms with Crippen molar-refractivity contribution in [1.29, 1.82) is 0 Å². The second-order valence-corrected chi connectivity index (χ2v) is 6.20. The topological polar surface area (TPSA) is 62.0 Å². The Hall–Kier alpha value is -2.10. The Bertz CT molecular complexity index is 717. The molecule has 1 aromatic carbocycles. The third kappa shape index (κ3) is 4.20. The second kappa shape index (κ2) is 7.25. The van der Waals surface area contributed by atoms with E-state index in [0.29, 0.717) is 30.9 Å². The summed E-state index contributed by atoms with van der Waals surface area (Å²) in [5, 5.41) is 3.91. The first kappa shape index (κ1) is 16.3. The lowest BCUT2D eigenvalue weighted by atomic mass is 10.1. The zero-order chi connectivity index (χ0) is 16.1. The summed E-state index contributed by atoms with van der Waals surface area (Å²) in [4.78, 5) is 26.8. The molecule has 4 nitrogen and oxygen atoms in total. The summed E-state index contributed by atoms with van der Waals surface area (Å²) in [6, 6.07) is 7.81. The molecule has 0 fully saturated rings. The maximum atomic E-state index is 12.1. The first-order chi connectivity index (χ1) is 10.5. The van der Waals surface area contributed by atoms with Gasteiger partial charge in [-0.25, -0.2) is 0 Å². The predicted octanol–water partition coefficient (Wildman–Crippen LogP) is 2.93. The second-order valence-electron chi connectivity index (χ2n) is 6.20. The predicted molar refractivity (Wildman–Crippen MR) is 90.1 cm³/mol. The Morgan fingerprint density at radius 1 is 1.32 bits per heavy atom. The minimum absolute atomic E-state index is 0.00406. The molecule has 0 aliphatic rings. The third-order valence-electron chi connectivity index (χ3n) is 3.83. The van der Waals surface area contributed by atoms with Crippen LogP contribution in [0.2, 0.25) is 0 Å². The van der Waals surface area contributed by atoms with Crippen molar-refractivity contribution in [2.45, 2.75) is 40.0 Å². The Labute approximate surface area is 130 Å². The van der Waals surface area contributed by atoms with Crippen LogP contribution in [0.15, 0.2) is 29.1 Å². The fourth-order valence-electron chi connectivity index (χ4n) is 2.45. The molecule has 1 amide bonds. The van der Waals surface area contributed by atoms with Gasteiger partial charge in [-0.1, -0.05) is 32.0 Å². The first-order valence-electron chi connectivity index (χ1n) is 7.85. The van der Waals surface area contributed by atoms with Crippen molar-refractivity contribution in [1.82, 2.24) is 10.3 Å². The van der Waals surface area contributed by atoms with E-state index in [1.807, 2.05) is 31.2 Å². The molecular weight excluding hydrogens is 276 g/mol. The highest BCUT2D eigenvalue weighted by atomic mass is 16.1. The van der Waals surface area contributed by atoms with Crippen LogP contribution in [0.4, 0.5) is 0 Å². The lowest BCUT2D eigenvalue weighted by Gasteiger charge is -2.08. The molecule has 22 heavy (non-hydrogen) atoms. The maximum Gasteiger partial charge on any atom is 0.251 e. The zero-order valence-corrected chi connectivity index (χ0v) is 13.5. The number of fused-ring (bicyclic) bond motifs is 1. The van der Waals surface area contributed by atoms with E-state index in [9.17, 15) is 9.59 Å². The number of carbonyl (C=O) groups excluding carboxylic acids is 1. The number of aromatic amines is 1. The van der Waals surface area contributed by atoms with E-state index in [1.165, 1.54) is 0 Å². The standard InChI is InChI=1S/C18H24N2O2/c1-12(2)9-10-19-16(21)8-7-15-11-14-6-4-5-13(3)17(14)20-18(15)22/h4-6,11-12H,7-10H2,1-3H3,(H,19,21)(H,20,22). The van der Waals surface area contributed by atoms with E-state index in [0.717, 1.165) is 22.9 Å². The van der Waals surface area contributed by atoms with Crippen LogP contribution in [0, 0.1) is 12.8 Å². The Morgan fingerprint density at radius 2 is 2.09 bits per heavy atom. The summed E-state index contributed by atoms with van der Waals surface area (Å²) in [5.41, 5.74) is 2.49.